The van der Waals surface area contributed by atoms with Crippen LogP contribution in [0.2, 0.25) is 0 Å². The molecular formula is C24H23IN4O3. The lowest BCUT2D eigenvalue weighted by Crippen LogP contribution is -2.04. The number of pyridine rings is 1. The molecule has 3 aromatic rings. The summed E-state index contributed by atoms with van der Waals surface area (Å²) >= 11 is 2.21. The van der Waals surface area contributed by atoms with Crippen LogP contribution in [0.4, 0.5) is 5.82 Å². The van der Waals surface area contributed by atoms with Gasteiger partial charge in [0.2, 0.25) is 0 Å². The van der Waals surface area contributed by atoms with Crippen molar-refractivity contribution < 1.29 is 14.2 Å². The molecule has 2 aromatic carbocycles. The summed E-state index contributed by atoms with van der Waals surface area (Å²) in [6.07, 6.45) is 1.65. The number of nitrogens with one attached hydrogen (secondary N) is 1. The van der Waals surface area contributed by atoms with Crippen LogP contribution in [0.15, 0.2) is 53.6 Å². The van der Waals surface area contributed by atoms with Crippen LogP contribution in [0.1, 0.15) is 27.9 Å². The number of benzene rings is 2. The highest BCUT2D eigenvalue weighted by atomic mass is 127. The second kappa shape index (κ2) is 11.5. The molecule has 0 saturated carbocycles. The number of hydrazone groups is 1. The van der Waals surface area contributed by atoms with E-state index >= 15 is 0 Å². The van der Waals surface area contributed by atoms with Crippen molar-refractivity contribution in [3.8, 4) is 17.6 Å². The fraction of sp³-hybridized carbons (Fsp3) is 0.208. The second-order valence-electron chi connectivity index (χ2n) is 6.87. The lowest BCUT2D eigenvalue weighted by molar-refractivity contribution is 0.184. The van der Waals surface area contributed by atoms with Gasteiger partial charge in [0.25, 0.3) is 0 Å². The average Bonchev–Trinajstić information content (AvgIpc) is 2.79. The highest BCUT2D eigenvalue weighted by Gasteiger charge is 2.13. The molecule has 0 saturated heterocycles. The molecule has 0 aliphatic heterocycles. The third-order valence-electron chi connectivity index (χ3n) is 4.50. The van der Waals surface area contributed by atoms with E-state index in [-0.39, 0.29) is 0 Å². The molecule has 0 fully saturated rings. The van der Waals surface area contributed by atoms with Crippen molar-refractivity contribution in [3.63, 3.8) is 0 Å². The number of rotatable bonds is 9. The van der Waals surface area contributed by atoms with E-state index in [4.69, 9.17) is 14.2 Å². The zero-order chi connectivity index (χ0) is 22.9. The van der Waals surface area contributed by atoms with Gasteiger partial charge in [-0.1, -0.05) is 30.3 Å². The lowest BCUT2D eigenvalue weighted by atomic mass is 10.1. The number of aromatic nitrogens is 1. The summed E-state index contributed by atoms with van der Waals surface area (Å²) in [5.41, 5.74) is 6.70. The second-order valence-corrected chi connectivity index (χ2v) is 8.03. The maximum atomic E-state index is 9.53. The van der Waals surface area contributed by atoms with Gasteiger partial charge in [0, 0.05) is 18.4 Å². The summed E-state index contributed by atoms with van der Waals surface area (Å²) in [7, 11) is 3.19. The van der Waals surface area contributed by atoms with Crippen LogP contribution in [0.3, 0.4) is 0 Å². The number of methoxy groups -OCH3 is 2. The highest BCUT2D eigenvalue weighted by molar-refractivity contribution is 14.1. The quantitative estimate of drug-likeness (QED) is 0.232. The molecule has 1 heterocycles. The van der Waals surface area contributed by atoms with E-state index in [1.165, 1.54) is 0 Å². The molecule has 0 atom stereocenters. The minimum Gasteiger partial charge on any atom is -0.493 e. The number of ether oxygens (including phenoxy) is 3. The Morgan fingerprint density at radius 1 is 1.16 bits per heavy atom. The van der Waals surface area contributed by atoms with Crippen LogP contribution in [-0.4, -0.2) is 25.4 Å². The van der Waals surface area contributed by atoms with E-state index in [1.54, 1.807) is 20.4 Å². The van der Waals surface area contributed by atoms with Crippen LogP contribution < -0.4 is 14.9 Å². The lowest BCUT2D eigenvalue weighted by Gasteiger charge is -2.13. The maximum absolute atomic E-state index is 9.53. The predicted molar refractivity (Wildman–Crippen MR) is 132 cm³/mol. The Hall–Kier alpha value is -3.16. The van der Waals surface area contributed by atoms with Crippen LogP contribution in [-0.2, 0) is 18.0 Å². The Morgan fingerprint density at radius 2 is 1.94 bits per heavy atom. The third-order valence-corrected chi connectivity index (χ3v) is 5.30. The summed E-state index contributed by atoms with van der Waals surface area (Å²) in [5, 5.41) is 13.8. The molecule has 0 spiro atoms. The molecule has 0 amide bonds. The molecule has 8 heteroatoms. The normalized spacial score (nSPS) is 10.7. The van der Waals surface area contributed by atoms with Crippen molar-refractivity contribution >= 4 is 34.6 Å². The minimum atomic E-state index is 0.324. The zero-order valence-corrected chi connectivity index (χ0v) is 20.2. The molecule has 1 aromatic heterocycles. The van der Waals surface area contributed by atoms with E-state index in [0.717, 1.165) is 26.0 Å². The summed E-state index contributed by atoms with van der Waals surface area (Å²) in [6, 6.07) is 17.7. The van der Waals surface area contributed by atoms with Gasteiger partial charge in [0.15, 0.2) is 17.3 Å². The minimum absolute atomic E-state index is 0.324. The van der Waals surface area contributed by atoms with Crippen molar-refractivity contribution in [3.05, 3.63) is 80.0 Å². The molecule has 0 aliphatic rings. The Balaban J connectivity index is 1.78. The number of anilines is 1. The predicted octanol–water partition coefficient (Wildman–Crippen LogP) is 5.05. The van der Waals surface area contributed by atoms with Gasteiger partial charge in [-0.2, -0.15) is 10.4 Å². The summed E-state index contributed by atoms with van der Waals surface area (Å²) < 4.78 is 17.6. The smallest absolute Gasteiger partial charge is 0.174 e. The fourth-order valence-corrected chi connectivity index (χ4v) is 3.85. The van der Waals surface area contributed by atoms with E-state index in [0.29, 0.717) is 36.1 Å². The number of aryl methyl sites for hydroxylation is 1. The van der Waals surface area contributed by atoms with Crippen LogP contribution in [0.5, 0.6) is 11.5 Å². The molecule has 0 bridgehead atoms. The highest BCUT2D eigenvalue weighted by Crippen LogP contribution is 2.34. The van der Waals surface area contributed by atoms with E-state index in [9.17, 15) is 5.26 Å². The topological polar surface area (TPSA) is 88.8 Å². The maximum Gasteiger partial charge on any atom is 0.174 e. The molecule has 0 aliphatic carbocycles. The fourth-order valence-electron chi connectivity index (χ4n) is 3.07. The van der Waals surface area contributed by atoms with Crippen LogP contribution in [0, 0.1) is 21.8 Å². The van der Waals surface area contributed by atoms with E-state index in [2.05, 4.69) is 44.2 Å². The van der Waals surface area contributed by atoms with E-state index < -0.39 is 0 Å². The first kappa shape index (κ1) is 23.5. The van der Waals surface area contributed by atoms with Gasteiger partial charge in [-0.25, -0.2) is 4.98 Å². The van der Waals surface area contributed by atoms with Crippen molar-refractivity contribution in [1.82, 2.24) is 4.98 Å². The largest absolute Gasteiger partial charge is 0.493 e. The third kappa shape index (κ3) is 5.96. The Morgan fingerprint density at radius 3 is 2.62 bits per heavy atom. The summed E-state index contributed by atoms with van der Waals surface area (Å²) in [4.78, 5) is 4.39. The summed E-state index contributed by atoms with van der Waals surface area (Å²) in [6.45, 7) is 2.63. The number of nitrogens with zero attached hydrogens (tertiary/aromatic N) is 3. The average molecular weight is 542 g/mol. The molecule has 0 unspecified atom stereocenters. The van der Waals surface area contributed by atoms with Crippen LogP contribution in [0.25, 0.3) is 0 Å². The Bertz CT molecular complexity index is 1140. The first-order chi connectivity index (χ1) is 15.5. The van der Waals surface area contributed by atoms with Crippen molar-refractivity contribution in [2.45, 2.75) is 20.1 Å². The molecule has 32 heavy (non-hydrogen) atoms. The van der Waals surface area contributed by atoms with Gasteiger partial charge in [-0.05, 0) is 58.8 Å². The van der Waals surface area contributed by atoms with Gasteiger partial charge in [0.05, 0.1) is 23.5 Å². The van der Waals surface area contributed by atoms with Crippen molar-refractivity contribution in [2.24, 2.45) is 5.10 Å². The summed E-state index contributed by atoms with van der Waals surface area (Å²) in [5.74, 6) is 1.68. The number of nitriles is 1. The number of halogens is 1. The number of hydrogen-bond acceptors (Lipinski definition) is 7. The molecule has 3 rings (SSSR count). The zero-order valence-electron chi connectivity index (χ0n) is 18.1. The molecule has 164 valence electrons. The van der Waals surface area contributed by atoms with Gasteiger partial charge < -0.3 is 14.2 Å². The van der Waals surface area contributed by atoms with Gasteiger partial charge in [-0.3, -0.25) is 5.43 Å². The molecule has 0 radical (unpaired) electrons. The standard InChI is InChI=1S/C24H23IN4O3/c1-16-9-19(15-30-2)20(12-26)24(28-16)29-27-13-18-10-21(25)23(22(11-18)31-3)32-14-17-7-5-4-6-8-17/h4-11,13H,14-15H2,1-3H3,(H,28,29). The van der Waals surface area contributed by atoms with Gasteiger partial charge in [0.1, 0.15) is 18.2 Å². The van der Waals surface area contributed by atoms with E-state index in [1.807, 2.05) is 55.5 Å². The van der Waals surface area contributed by atoms with Crippen molar-refractivity contribution in [1.29, 1.82) is 5.26 Å². The first-order valence-electron chi connectivity index (χ1n) is 9.78. The molecule has 7 nitrogen and oxygen atoms in total. The Labute approximate surface area is 201 Å². The van der Waals surface area contributed by atoms with Crippen LogP contribution >= 0.6 is 22.6 Å². The monoisotopic (exact) mass is 542 g/mol. The SMILES string of the molecule is COCc1cc(C)nc(NN=Cc2cc(I)c(OCc3ccccc3)c(OC)c2)c1C#N. The Kier molecular flexibility index (Phi) is 8.41. The number of hydrogen-bond donors (Lipinski definition) is 1. The molecule has 1 N–H and O–H groups in total. The van der Waals surface area contributed by atoms with Crippen molar-refractivity contribution in [2.75, 3.05) is 19.6 Å². The molecular weight excluding hydrogens is 519 g/mol. The van der Waals surface area contributed by atoms with Gasteiger partial charge in [-0.15, -0.1) is 0 Å². The van der Waals surface area contributed by atoms with Gasteiger partial charge >= 0.3 is 0 Å². The first-order valence-corrected chi connectivity index (χ1v) is 10.9.